The van der Waals surface area contributed by atoms with E-state index in [0.717, 1.165) is 22.3 Å². The zero-order valence-electron chi connectivity index (χ0n) is 25.6. The van der Waals surface area contributed by atoms with Gasteiger partial charge >= 0.3 is 17.9 Å². The molecule has 0 heterocycles. The molecule has 0 amide bonds. The van der Waals surface area contributed by atoms with Gasteiger partial charge in [-0.25, -0.2) is 0 Å². The lowest BCUT2D eigenvalue weighted by molar-refractivity contribution is -0.148. The first-order valence-electron chi connectivity index (χ1n) is 14.2. The number of benzene rings is 4. The lowest BCUT2D eigenvalue weighted by atomic mass is 10.2. The molecule has 227 valence electrons. The molecule has 0 fully saturated rings. The monoisotopic (exact) mass is 583 g/mol. The Morgan fingerprint density at radius 2 is 0.930 bits per heavy atom. The fourth-order valence-corrected chi connectivity index (χ4v) is 2.97. The van der Waals surface area contributed by atoms with Crippen molar-refractivity contribution in [1.29, 1.82) is 0 Å². The van der Waals surface area contributed by atoms with E-state index >= 15 is 0 Å². The van der Waals surface area contributed by atoms with Gasteiger partial charge in [-0.3, -0.25) is 14.4 Å². The Bertz CT molecular complexity index is 1270. The summed E-state index contributed by atoms with van der Waals surface area (Å²) in [5.41, 5.74) is 4.14. The minimum absolute atomic E-state index is 0.0521. The second-order valence-corrected chi connectivity index (χ2v) is 9.50. The van der Waals surface area contributed by atoms with E-state index < -0.39 is 0 Å². The molecule has 4 rings (SSSR count). The lowest BCUT2D eigenvalue weighted by Crippen LogP contribution is -2.11. The van der Waals surface area contributed by atoms with Gasteiger partial charge in [-0.15, -0.1) is 0 Å². The molecule has 1 radical (unpaired) electrons. The molecule has 4 aromatic rings. The van der Waals surface area contributed by atoms with Crippen molar-refractivity contribution in [3.05, 3.63) is 151 Å². The number of hydrogen-bond donors (Lipinski definition) is 0. The van der Waals surface area contributed by atoms with E-state index in [-0.39, 0.29) is 23.8 Å². The molecule has 6 nitrogen and oxygen atoms in total. The highest BCUT2D eigenvalue weighted by molar-refractivity contribution is 5.71. The molecule has 0 N–H and O–H groups in total. The molecule has 0 saturated heterocycles. The van der Waals surface area contributed by atoms with Crippen LogP contribution in [0.5, 0.6) is 0 Å². The molecule has 0 aromatic heterocycles. The summed E-state index contributed by atoms with van der Waals surface area (Å²) in [6.45, 7) is 11.7. The fraction of sp³-hybridized carbons (Fsp3) is 0.243. The number of hydrogen-bond acceptors (Lipinski definition) is 6. The summed E-state index contributed by atoms with van der Waals surface area (Å²) in [4.78, 5) is 32.3. The Morgan fingerprint density at radius 1 is 0.581 bits per heavy atom. The highest BCUT2D eigenvalue weighted by Gasteiger charge is 2.07. The van der Waals surface area contributed by atoms with Crippen molar-refractivity contribution in [2.75, 3.05) is 0 Å². The Kier molecular flexibility index (Phi) is 19.4. The van der Waals surface area contributed by atoms with E-state index in [1.54, 1.807) is 6.92 Å². The van der Waals surface area contributed by atoms with Gasteiger partial charge in [0.15, 0.2) is 0 Å². The quantitative estimate of drug-likeness (QED) is 0.154. The normalized spacial score (nSPS) is 9.44. The summed E-state index contributed by atoms with van der Waals surface area (Å²) in [5.74, 6) is -0.597. The second kappa shape index (κ2) is 22.9. The van der Waals surface area contributed by atoms with Crippen LogP contribution in [0.15, 0.2) is 121 Å². The maximum atomic E-state index is 11.1. The number of rotatable bonds is 8. The van der Waals surface area contributed by atoms with Crippen LogP contribution in [-0.4, -0.2) is 17.9 Å². The van der Waals surface area contributed by atoms with Crippen molar-refractivity contribution < 1.29 is 28.6 Å². The third-order valence-corrected chi connectivity index (χ3v) is 5.35. The van der Waals surface area contributed by atoms with Crippen LogP contribution in [0.25, 0.3) is 0 Å². The zero-order chi connectivity index (χ0) is 31.7. The molecule has 6 heteroatoms. The van der Waals surface area contributed by atoms with Crippen LogP contribution in [0.1, 0.15) is 56.4 Å². The van der Waals surface area contributed by atoms with Crippen molar-refractivity contribution in [2.24, 2.45) is 5.92 Å². The molecular formula is C37H43O6. The van der Waals surface area contributed by atoms with E-state index in [2.05, 4.69) is 6.92 Å². The van der Waals surface area contributed by atoms with Crippen LogP contribution in [0.3, 0.4) is 0 Å². The van der Waals surface area contributed by atoms with Crippen LogP contribution in [0, 0.1) is 12.8 Å². The molecule has 0 aliphatic heterocycles. The van der Waals surface area contributed by atoms with Crippen LogP contribution in [-0.2, 0) is 48.4 Å². The first-order chi connectivity index (χ1) is 20.7. The summed E-state index contributed by atoms with van der Waals surface area (Å²) in [7, 11) is 0. The Balaban J connectivity index is 0.000000292. The van der Waals surface area contributed by atoms with Gasteiger partial charge < -0.3 is 14.2 Å². The molecule has 0 unspecified atom stereocenters. The Labute approximate surface area is 256 Å². The fourth-order valence-electron chi connectivity index (χ4n) is 2.97. The van der Waals surface area contributed by atoms with Crippen LogP contribution < -0.4 is 0 Å². The van der Waals surface area contributed by atoms with Gasteiger partial charge in [0.2, 0.25) is 0 Å². The van der Waals surface area contributed by atoms with E-state index in [1.165, 1.54) is 6.92 Å². The van der Waals surface area contributed by atoms with Crippen molar-refractivity contribution in [3.8, 4) is 0 Å². The topological polar surface area (TPSA) is 78.9 Å². The van der Waals surface area contributed by atoms with Gasteiger partial charge in [0.25, 0.3) is 0 Å². The number of carbonyl (C=O) groups excluding carboxylic acids is 3. The van der Waals surface area contributed by atoms with Crippen LogP contribution in [0.4, 0.5) is 0 Å². The van der Waals surface area contributed by atoms with Gasteiger partial charge in [0.05, 0.1) is 5.92 Å². The van der Waals surface area contributed by atoms with Gasteiger partial charge in [-0.05, 0) is 29.2 Å². The van der Waals surface area contributed by atoms with Crippen LogP contribution >= 0.6 is 0 Å². The molecule has 0 aliphatic carbocycles. The smallest absolute Gasteiger partial charge is 0.308 e. The molecule has 0 atom stereocenters. The SMILES string of the molecule is CC(=O)OCc1ccccc1.CC(C)C(=O)OCc1ccccc1.CCC(=O)OCc1ccccc1.[CH2]c1ccccc1. The third kappa shape index (κ3) is 19.9. The van der Waals surface area contributed by atoms with Crippen molar-refractivity contribution in [1.82, 2.24) is 0 Å². The summed E-state index contributed by atoms with van der Waals surface area (Å²) in [6, 6.07) is 38.8. The average Bonchev–Trinajstić information content (AvgIpc) is 3.04. The highest BCUT2D eigenvalue weighted by atomic mass is 16.5. The molecule has 0 saturated carbocycles. The Morgan fingerprint density at radius 3 is 1.23 bits per heavy atom. The van der Waals surface area contributed by atoms with Crippen molar-refractivity contribution in [3.63, 3.8) is 0 Å². The van der Waals surface area contributed by atoms with Gasteiger partial charge in [0, 0.05) is 13.3 Å². The first-order valence-corrected chi connectivity index (χ1v) is 14.2. The van der Waals surface area contributed by atoms with Crippen molar-refractivity contribution in [2.45, 2.75) is 53.9 Å². The predicted molar refractivity (Wildman–Crippen MR) is 170 cm³/mol. The molecule has 0 bridgehead atoms. The second-order valence-electron chi connectivity index (χ2n) is 9.50. The maximum absolute atomic E-state index is 11.1. The summed E-state index contributed by atoms with van der Waals surface area (Å²) < 4.78 is 14.8. The summed E-state index contributed by atoms with van der Waals surface area (Å²) in [5, 5.41) is 0. The number of esters is 3. The third-order valence-electron chi connectivity index (χ3n) is 5.35. The zero-order valence-corrected chi connectivity index (χ0v) is 25.6. The van der Waals surface area contributed by atoms with E-state index in [0.29, 0.717) is 26.2 Å². The molecule has 43 heavy (non-hydrogen) atoms. The van der Waals surface area contributed by atoms with E-state index in [1.807, 2.05) is 135 Å². The number of ether oxygens (including phenoxy) is 3. The minimum Gasteiger partial charge on any atom is -0.461 e. The van der Waals surface area contributed by atoms with Crippen molar-refractivity contribution >= 4 is 17.9 Å². The predicted octanol–water partition coefficient (Wildman–Crippen LogP) is 8.14. The molecule has 0 aliphatic rings. The van der Waals surface area contributed by atoms with Crippen LogP contribution in [0.2, 0.25) is 0 Å². The first kappa shape index (κ1) is 36.3. The average molecular weight is 584 g/mol. The van der Waals surface area contributed by atoms with Gasteiger partial charge in [-0.2, -0.15) is 0 Å². The Hall–Kier alpha value is -4.71. The largest absolute Gasteiger partial charge is 0.461 e. The van der Waals surface area contributed by atoms with E-state index in [9.17, 15) is 14.4 Å². The molecular weight excluding hydrogens is 540 g/mol. The highest BCUT2D eigenvalue weighted by Crippen LogP contribution is 2.04. The standard InChI is InChI=1S/C11H14O2.C10H12O2.C9H10O2.C7H7/c1-9(2)11(12)13-8-10-6-4-3-5-7-10;1-2-10(11)12-8-9-6-4-3-5-7-9;1-8(10)11-7-9-5-3-2-4-6-9;1-7-5-3-2-4-6-7/h3-7,9H,8H2,1-2H3;3-7H,2,8H2,1H3;2-6H,7H2,1H3;2-6H,1H2. The minimum atomic E-state index is -0.242. The summed E-state index contributed by atoms with van der Waals surface area (Å²) >= 11 is 0. The van der Waals surface area contributed by atoms with Gasteiger partial charge in [0.1, 0.15) is 19.8 Å². The van der Waals surface area contributed by atoms with E-state index in [4.69, 9.17) is 14.2 Å². The lowest BCUT2D eigenvalue weighted by Gasteiger charge is -2.06. The number of carbonyl (C=O) groups is 3. The van der Waals surface area contributed by atoms with Gasteiger partial charge in [-0.1, -0.05) is 142 Å². The molecule has 0 spiro atoms. The summed E-state index contributed by atoms with van der Waals surface area (Å²) in [6.07, 6.45) is 0.437. The maximum Gasteiger partial charge on any atom is 0.308 e. The molecule has 4 aromatic carbocycles.